The van der Waals surface area contributed by atoms with Crippen molar-refractivity contribution < 1.29 is 23.7 Å². The van der Waals surface area contributed by atoms with Crippen LogP contribution in [0, 0.1) is 6.92 Å². The summed E-state index contributed by atoms with van der Waals surface area (Å²) >= 11 is 9.55. The molecule has 5 rings (SSSR count). The Balaban J connectivity index is 1.43. The van der Waals surface area contributed by atoms with Gasteiger partial charge >= 0.3 is 0 Å². The molecule has 7 heteroatoms. The Bertz CT molecular complexity index is 1270. The van der Waals surface area contributed by atoms with Crippen molar-refractivity contribution in [1.82, 2.24) is 0 Å². The lowest BCUT2D eigenvalue weighted by molar-refractivity contribution is -0.0165. The first-order valence-corrected chi connectivity index (χ1v) is 11.1. The number of ether oxygens (including phenoxy) is 4. The molecule has 3 aromatic rings. The van der Waals surface area contributed by atoms with E-state index in [-0.39, 0.29) is 18.3 Å². The smallest absolute Gasteiger partial charge is 0.231 e. The van der Waals surface area contributed by atoms with E-state index in [9.17, 15) is 4.79 Å². The first-order valence-electron chi connectivity index (χ1n) is 9.97. The fraction of sp³-hybridized carbons (Fsp3) is 0.160. The molecule has 0 N–H and O–H groups in total. The molecule has 0 saturated heterocycles. The average Bonchev–Trinajstić information content (AvgIpc) is 3.09. The molecule has 0 unspecified atom stereocenters. The number of hydrogen-bond donors (Lipinski definition) is 0. The highest BCUT2D eigenvalue weighted by Crippen LogP contribution is 2.41. The van der Waals surface area contributed by atoms with Crippen molar-refractivity contribution in [2.75, 3.05) is 6.79 Å². The summed E-state index contributed by atoms with van der Waals surface area (Å²) in [4.78, 5) is 13.0. The molecule has 3 aromatic carbocycles. The van der Waals surface area contributed by atoms with E-state index >= 15 is 0 Å². The quantitative estimate of drug-likeness (QED) is 0.374. The summed E-state index contributed by atoms with van der Waals surface area (Å²) in [6, 6.07) is 14.9. The van der Waals surface area contributed by atoms with Gasteiger partial charge in [0.15, 0.2) is 12.6 Å². The minimum Gasteiger partial charge on any atom is -0.488 e. The van der Waals surface area contributed by atoms with E-state index in [1.165, 1.54) is 0 Å². The maximum Gasteiger partial charge on any atom is 0.231 e. The molecule has 2 aliphatic rings. The SMILES string of the molecule is Cc1c(OCc2cccc(Cl)c2)ccc2c1O/C(=C\c1cc(Br)cc3c1OCOC3)C2=O. The monoisotopic (exact) mass is 512 g/mol. The highest BCUT2D eigenvalue weighted by Gasteiger charge is 2.31. The standard InChI is InChI=1S/C25H18BrClO5/c1-14-21(30-11-15-3-2-4-19(27)7-15)6-5-20-23(28)22(32-24(14)20)10-16-8-18(26)9-17-12-29-13-31-25(16)17/h2-10H,11-13H2,1H3/b22-10-. The van der Waals surface area contributed by atoms with Gasteiger partial charge in [-0.25, -0.2) is 0 Å². The van der Waals surface area contributed by atoms with E-state index in [1.54, 1.807) is 18.2 Å². The predicted molar refractivity (Wildman–Crippen MR) is 124 cm³/mol. The molecule has 0 amide bonds. The van der Waals surface area contributed by atoms with Crippen LogP contribution in [0.5, 0.6) is 17.2 Å². The molecule has 0 atom stereocenters. The number of benzene rings is 3. The molecule has 0 aromatic heterocycles. The van der Waals surface area contributed by atoms with Crippen LogP contribution in [0.4, 0.5) is 0 Å². The van der Waals surface area contributed by atoms with Gasteiger partial charge in [-0.15, -0.1) is 0 Å². The van der Waals surface area contributed by atoms with Gasteiger partial charge in [-0.1, -0.05) is 39.7 Å². The summed E-state index contributed by atoms with van der Waals surface area (Å²) in [7, 11) is 0. The van der Waals surface area contributed by atoms with Gasteiger partial charge in [0.1, 0.15) is 23.9 Å². The molecule has 2 aliphatic heterocycles. The van der Waals surface area contributed by atoms with Gasteiger partial charge in [0, 0.05) is 26.2 Å². The number of Topliss-reactive ketones (excluding diaryl/α,β-unsaturated/α-hetero) is 1. The number of carbonyl (C=O) groups is 1. The second kappa shape index (κ2) is 8.62. The normalized spacial score (nSPS) is 15.7. The third-order valence-electron chi connectivity index (χ3n) is 5.31. The molecule has 5 nitrogen and oxygen atoms in total. The maximum absolute atomic E-state index is 13.0. The van der Waals surface area contributed by atoms with Gasteiger partial charge in [-0.2, -0.15) is 0 Å². The maximum atomic E-state index is 13.0. The zero-order chi connectivity index (χ0) is 22.2. The van der Waals surface area contributed by atoms with Crippen molar-refractivity contribution in [3.63, 3.8) is 0 Å². The minimum absolute atomic E-state index is 0.173. The number of rotatable bonds is 4. The zero-order valence-electron chi connectivity index (χ0n) is 17.1. The van der Waals surface area contributed by atoms with E-state index in [0.717, 1.165) is 26.7 Å². The number of allylic oxidation sites excluding steroid dienone is 1. The molecule has 0 saturated carbocycles. The second-order valence-electron chi connectivity index (χ2n) is 7.52. The molecule has 32 heavy (non-hydrogen) atoms. The van der Waals surface area contributed by atoms with E-state index in [0.29, 0.717) is 41.0 Å². The van der Waals surface area contributed by atoms with Gasteiger partial charge in [0.25, 0.3) is 0 Å². The molecule has 0 aliphatic carbocycles. The van der Waals surface area contributed by atoms with Crippen molar-refractivity contribution in [2.24, 2.45) is 0 Å². The first kappa shape index (κ1) is 21.1. The highest BCUT2D eigenvalue weighted by atomic mass is 79.9. The molecule has 0 fully saturated rings. The molecule has 162 valence electrons. The Labute approximate surface area is 198 Å². The molecule has 0 radical (unpaired) electrons. The summed E-state index contributed by atoms with van der Waals surface area (Å²) in [5.74, 6) is 1.92. The lowest BCUT2D eigenvalue weighted by atomic mass is 10.0. The van der Waals surface area contributed by atoms with Crippen LogP contribution >= 0.6 is 27.5 Å². The molecule has 0 bridgehead atoms. The Morgan fingerprint density at radius 1 is 1.16 bits per heavy atom. The van der Waals surface area contributed by atoms with Crippen LogP contribution in [-0.2, 0) is 18.0 Å². The Morgan fingerprint density at radius 2 is 2.03 bits per heavy atom. The Morgan fingerprint density at radius 3 is 2.88 bits per heavy atom. The third kappa shape index (κ3) is 4.01. The van der Waals surface area contributed by atoms with Crippen molar-refractivity contribution in [3.8, 4) is 17.2 Å². The van der Waals surface area contributed by atoms with Gasteiger partial charge in [-0.05, 0) is 55.0 Å². The predicted octanol–water partition coefficient (Wildman–Crippen LogP) is 6.47. The molecule has 0 spiro atoms. The summed E-state index contributed by atoms with van der Waals surface area (Å²) in [6.07, 6.45) is 1.71. The second-order valence-corrected chi connectivity index (χ2v) is 8.87. The zero-order valence-corrected chi connectivity index (χ0v) is 19.5. The van der Waals surface area contributed by atoms with Crippen LogP contribution in [0.15, 0.2) is 58.8 Å². The van der Waals surface area contributed by atoms with Crippen molar-refractivity contribution >= 4 is 39.4 Å². The molecule has 2 heterocycles. The fourth-order valence-corrected chi connectivity index (χ4v) is 4.51. The fourth-order valence-electron chi connectivity index (χ4n) is 3.77. The van der Waals surface area contributed by atoms with Crippen LogP contribution in [0.2, 0.25) is 5.02 Å². The van der Waals surface area contributed by atoms with Crippen LogP contribution in [0.1, 0.15) is 32.6 Å². The third-order valence-corrected chi connectivity index (χ3v) is 6.00. The summed E-state index contributed by atoms with van der Waals surface area (Å²) in [6.45, 7) is 2.86. The van der Waals surface area contributed by atoms with E-state index in [2.05, 4.69) is 15.9 Å². The van der Waals surface area contributed by atoms with Gasteiger partial charge in [0.05, 0.1) is 12.2 Å². The van der Waals surface area contributed by atoms with Crippen molar-refractivity contribution in [1.29, 1.82) is 0 Å². The summed E-state index contributed by atoms with van der Waals surface area (Å²) < 4.78 is 23.9. The minimum atomic E-state index is -0.176. The van der Waals surface area contributed by atoms with Crippen LogP contribution in [0.3, 0.4) is 0 Å². The first-order chi connectivity index (χ1) is 15.5. The van der Waals surface area contributed by atoms with E-state index in [4.69, 9.17) is 30.5 Å². The van der Waals surface area contributed by atoms with Crippen LogP contribution in [-0.4, -0.2) is 12.6 Å². The molecular weight excluding hydrogens is 496 g/mol. The lowest BCUT2D eigenvalue weighted by Crippen LogP contribution is -2.12. The van der Waals surface area contributed by atoms with Gasteiger partial charge in [-0.3, -0.25) is 4.79 Å². The van der Waals surface area contributed by atoms with Crippen molar-refractivity contribution in [3.05, 3.63) is 91.6 Å². The van der Waals surface area contributed by atoms with Crippen LogP contribution in [0.25, 0.3) is 6.08 Å². The Hall–Kier alpha value is -2.80. The number of ketones is 1. The molecular formula is C25H18BrClO5. The number of fused-ring (bicyclic) bond motifs is 2. The van der Waals surface area contributed by atoms with E-state index in [1.807, 2.05) is 43.3 Å². The average molecular weight is 514 g/mol. The van der Waals surface area contributed by atoms with Crippen molar-refractivity contribution in [2.45, 2.75) is 20.1 Å². The Kier molecular flexibility index (Phi) is 5.67. The number of carbonyl (C=O) groups excluding carboxylic acids is 1. The van der Waals surface area contributed by atoms with E-state index < -0.39 is 0 Å². The largest absolute Gasteiger partial charge is 0.488 e. The topological polar surface area (TPSA) is 54.0 Å². The summed E-state index contributed by atoms with van der Waals surface area (Å²) in [5, 5.41) is 0.658. The van der Waals surface area contributed by atoms with Crippen LogP contribution < -0.4 is 14.2 Å². The number of hydrogen-bond acceptors (Lipinski definition) is 5. The highest BCUT2D eigenvalue weighted by molar-refractivity contribution is 9.10. The number of halogens is 2. The summed E-state index contributed by atoms with van der Waals surface area (Å²) in [5.41, 5.74) is 3.90. The van der Waals surface area contributed by atoms with Gasteiger partial charge < -0.3 is 18.9 Å². The van der Waals surface area contributed by atoms with Gasteiger partial charge in [0.2, 0.25) is 5.78 Å². The lowest BCUT2D eigenvalue weighted by Gasteiger charge is -2.20.